The van der Waals surface area contributed by atoms with Crippen molar-refractivity contribution in [3.63, 3.8) is 0 Å². The third kappa shape index (κ3) is 6.32. The van der Waals surface area contributed by atoms with Crippen LogP contribution in [0.2, 0.25) is 0 Å². The van der Waals surface area contributed by atoms with E-state index in [2.05, 4.69) is 15.8 Å². The van der Waals surface area contributed by atoms with E-state index < -0.39 is 0 Å². The summed E-state index contributed by atoms with van der Waals surface area (Å²) in [6.07, 6.45) is 0.738. The van der Waals surface area contributed by atoms with E-state index in [-0.39, 0.29) is 24.1 Å². The first kappa shape index (κ1) is 22.8. The number of aryl methyl sites for hydroxylation is 1. The number of hydrogen-bond donors (Lipinski definition) is 2. The highest BCUT2D eigenvalue weighted by atomic mass is 16.5. The Morgan fingerprint density at radius 2 is 1.65 bits per heavy atom. The quantitative estimate of drug-likeness (QED) is 0.379. The van der Waals surface area contributed by atoms with Crippen LogP contribution in [0.1, 0.15) is 37.7 Å². The Bertz CT molecular complexity index is 1230. The molecule has 0 bridgehead atoms. The van der Waals surface area contributed by atoms with Crippen LogP contribution in [-0.4, -0.2) is 23.5 Å². The van der Waals surface area contributed by atoms with Crippen molar-refractivity contribution in [2.45, 2.75) is 20.0 Å². The first-order valence-electron chi connectivity index (χ1n) is 11.0. The van der Waals surface area contributed by atoms with Gasteiger partial charge in [0.25, 0.3) is 11.8 Å². The highest BCUT2D eigenvalue weighted by Gasteiger charge is 2.13. The molecule has 2 N–H and O–H groups in total. The molecule has 0 aliphatic rings. The first-order valence-corrected chi connectivity index (χ1v) is 11.0. The van der Waals surface area contributed by atoms with Crippen LogP contribution in [0, 0.1) is 6.92 Å². The third-order valence-corrected chi connectivity index (χ3v) is 5.14. The molecule has 3 aromatic carbocycles. The van der Waals surface area contributed by atoms with E-state index in [1.165, 1.54) is 0 Å². The number of carbonyl (C=O) groups excluding carboxylic acids is 2. The van der Waals surface area contributed by atoms with Gasteiger partial charge in [-0.15, -0.1) is 0 Å². The monoisotopic (exact) mass is 455 g/mol. The number of ether oxygens (including phenoxy) is 1. The molecule has 172 valence electrons. The fourth-order valence-corrected chi connectivity index (χ4v) is 3.24. The van der Waals surface area contributed by atoms with Gasteiger partial charge in [0, 0.05) is 23.9 Å². The Morgan fingerprint density at radius 3 is 2.38 bits per heavy atom. The molecule has 1 heterocycles. The summed E-state index contributed by atoms with van der Waals surface area (Å²) in [4.78, 5) is 24.6. The van der Waals surface area contributed by atoms with Crippen LogP contribution in [0.5, 0.6) is 5.75 Å². The fraction of sp³-hybridized carbons (Fsp3) is 0.148. The second kappa shape index (κ2) is 11.0. The molecular formula is C27H25N3O4. The summed E-state index contributed by atoms with van der Waals surface area (Å²) >= 11 is 0. The zero-order chi connectivity index (χ0) is 23.8. The maximum absolute atomic E-state index is 12.3. The van der Waals surface area contributed by atoms with Crippen molar-refractivity contribution in [3.05, 3.63) is 113 Å². The predicted molar refractivity (Wildman–Crippen MR) is 129 cm³/mol. The Hall–Kier alpha value is -4.39. The normalized spacial score (nSPS) is 10.5. The van der Waals surface area contributed by atoms with Gasteiger partial charge in [0.2, 0.25) is 0 Å². The van der Waals surface area contributed by atoms with E-state index >= 15 is 0 Å². The molecule has 0 unspecified atom stereocenters. The molecule has 0 fully saturated rings. The molecule has 0 spiro atoms. The van der Waals surface area contributed by atoms with E-state index in [9.17, 15) is 9.59 Å². The minimum absolute atomic E-state index is 0.124. The summed E-state index contributed by atoms with van der Waals surface area (Å²) < 4.78 is 10.9. The number of carbonyl (C=O) groups is 2. The molecular weight excluding hydrogens is 430 g/mol. The molecule has 1 aromatic heterocycles. The average molecular weight is 456 g/mol. The van der Waals surface area contributed by atoms with Crippen LogP contribution in [0.15, 0.2) is 89.5 Å². The van der Waals surface area contributed by atoms with Crippen LogP contribution < -0.4 is 15.4 Å². The molecule has 0 atom stereocenters. The van der Waals surface area contributed by atoms with Gasteiger partial charge in [-0.3, -0.25) is 9.59 Å². The summed E-state index contributed by atoms with van der Waals surface area (Å²) in [5.41, 5.74) is 3.71. The summed E-state index contributed by atoms with van der Waals surface area (Å²) in [7, 11) is 0. The van der Waals surface area contributed by atoms with Gasteiger partial charge < -0.3 is 19.9 Å². The molecule has 4 aromatic rings. The van der Waals surface area contributed by atoms with Gasteiger partial charge in [-0.2, -0.15) is 0 Å². The predicted octanol–water partition coefficient (Wildman–Crippen LogP) is 4.79. The van der Waals surface area contributed by atoms with Gasteiger partial charge in [0.15, 0.2) is 11.5 Å². The molecule has 0 aliphatic heterocycles. The van der Waals surface area contributed by atoms with Crippen LogP contribution in [0.3, 0.4) is 0 Å². The molecule has 0 saturated heterocycles. The Morgan fingerprint density at radius 1 is 0.912 bits per heavy atom. The van der Waals surface area contributed by atoms with Crippen LogP contribution in [0.25, 0.3) is 0 Å². The lowest BCUT2D eigenvalue weighted by Crippen LogP contribution is -2.25. The van der Waals surface area contributed by atoms with Gasteiger partial charge in [-0.25, -0.2) is 0 Å². The third-order valence-electron chi connectivity index (χ3n) is 5.14. The highest BCUT2D eigenvalue weighted by molar-refractivity contribution is 6.04. The number of benzene rings is 3. The highest BCUT2D eigenvalue weighted by Crippen LogP contribution is 2.18. The molecule has 7 heteroatoms. The molecule has 0 saturated carbocycles. The van der Waals surface area contributed by atoms with Gasteiger partial charge in [0.1, 0.15) is 12.4 Å². The Labute approximate surface area is 197 Å². The fourth-order valence-electron chi connectivity index (χ4n) is 3.24. The van der Waals surface area contributed by atoms with Gasteiger partial charge in [-0.05, 0) is 55.3 Å². The van der Waals surface area contributed by atoms with Crippen molar-refractivity contribution in [1.82, 2.24) is 10.5 Å². The Kier molecular flexibility index (Phi) is 7.35. The topological polar surface area (TPSA) is 93.5 Å². The first-order chi connectivity index (χ1) is 16.6. The minimum Gasteiger partial charge on any atom is -0.486 e. The molecule has 2 amide bonds. The SMILES string of the molecule is Cc1ccc(C(=O)Nc2ccc(OCc3cc(C(=O)NCCc4ccccc4)no3)cc2)cc1. The lowest BCUT2D eigenvalue weighted by molar-refractivity contribution is 0.0944. The van der Waals surface area contributed by atoms with Crippen molar-refractivity contribution in [2.75, 3.05) is 11.9 Å². The number of nitrogens with zero attached hydrogens (tertiary/aromatic N) is 1. The number of anilines is 1. The van der Waals surface area contributed by atoms with Crippen molar-refractivity contribution in [2.24, 2.45) is 0 Å². The Balaban J connectivity index is 1.23. The standard InChI is InChI=1S/C27H25N3O4/c1-19-7-9-21(10-8-19)26(31)29-22-11-13-23(14-12-22)33-18-24-17-25(30-34-24)27(32)28-16-15-20-5-3-2-4-6-20/h2-14,17H,15-16,18H2,1H3,(H,28,32)(H,29,31). The van der Waals surface area contributed by atoms with Gasteiger partial charge in [0.05, 0.1) is 0 Å². The lowest BCUT2D eigenvalue weighted by atomic mass is 10.1. The van der Waals surface area contributed by atoms with Gasteiger partial charge in [-0.1, -0.05) is 53.2 Å². The second-order valence-electron chi connectivity index (χ2n) is 7.80. The molecule has 4 rings (SSSR count). The van der Waals surface area contributed by atoms with E-state index in [1.807, 2.05) is 49.4 Å². The van der Waals surface area contributed by atoms with Crippen molar-refractivity contribution < 1.29 is 18.8 Å². The summed E-state index contributed by atoms with van der Waals surface area (Å²) in [5, 5.41) is 9.51. The van der Waals surface area contributed by atoms with Crippen LogP contribution in [-0.2, 0) is 13.0 Å². The summed E-state index contributed by atoms with van der Waals surface area (Å²) in [6.45, 7) is 2.61. The molecule has 7 nitrogen and oxygen atoms in total. The number of nitrogens with one attached hydrogen (secondary N) is 2. The number of aromatic nitrogens is 1. The maximum atomic E-state index is 12.3. The summed E-state index contributed by atoms with van der Waals surface area (Å²) in [6, 6.07) is 25.9. The van der Waals surface area contributed by atoms with E-state index in [0.717, 1.165) is 17.5 Å². The summed E-state index contributed by atoms with van der Waals surface area (Å²) in [5.74, 6) is 0.563. The maximum Gasteiger partial charge on any atom is 0.273 e. The molecule has 34 heavy (non-hydrogen) atoms. The lowest BCUT2D eigenvalue weighted by Gasteiger charge is -2.07. The zero-order valence-electron chi connectivity index (χ0n) is 18.8. The van der Waals surface area contributed by atoms with Crippen LogP contribution in [0.4, 0.5) is 5.69 Å². The number of amides is 2. The van der Waals surface area contributed by atoms with E-state index in [0.29, 0.717) is 29.3 Å². The van der Waals surface area contributed by atoms with Crippen LogP contribution >= 0.6 is 0 Å². The van der Waals surface area contributed by atoms with E-state index in [4.69, 9.17) is 9.26 Å². The van der Waals surface area contributed by atoms with Crippen molar-refractivity contribution >= 4 is 17.5 Å². The molecule has 0 aliphatic carbocycles. The molecule has 0 radical (unpaired) electrons. The van der Waals surface area contributed by atoms with Crippen molar-refractivity contribution in [3.8, 4) is 5.75 Å². The second-order valence-corrected chi connectivity index (χ2v) is 7.80. The zero-order valence-corrected chi connectivity index (χ0v) is 18.8. The largest absolute Gasteiger partial charge is 0.486 e. The number of hydrogen-bond acceptors (Lipinski definition) is 5. The number of rotatable bonds is 9. The average Bonchev–Trinajstić information content (AvgIpc) is 3.34. The van der Waals surface area contributed by atoms with Crippen molar-refractivity contribution in [1.29, 1.82) is 0 Å². The minimum atomic E-state index is -0.292. The van der Waals surface area contributed by atoms with Gasteiger partial charge >= 0.3 is 0 Å². The smallest absolute Gasteiger partial charge is 0.273 e. The van der Waals surface area contributed by atoms with E-state index in [1.54, 1.807) is 42.5 Å².